The van der Waals surface area contributed by atoms with Crippen molar-refractivity contribution in [1.29, 1.82) is 0 Å². The second-order valence-corrected chi connectivity index (χ2v) is 4.14. The summed E-state index contributed by atoms with van der Waals surface area (Å²) in [5.41, 5.74) is 3.12. The Bertz CT molecular complexity index is 435. The van der Waals surface area contributed by atoms with Gasteiger partial charge in [-0.2, -0.15) is 0 Å². The molecule has 2 rings (SSSR count). The quantitative estimate of drug-likeness (QED) is 0.729. The fraction of sp³-hybridized carbons (Fsp3) is 0.385. The summed E-state index contributed by atoms with van der Waals surface area (Å²) in [6.45, 7) is 4.38. The lowest BCUT2D eigenvalue weighted by Crippen LogP contribution is -2.15. The maximum Gasteiger partial charge on any atom is 0.312 e. The van der Waals surface area contributed by atoms with Gasteiger partial charge in [-0.05, 0) is 19.4 Å². The number of fused-ring (bicyclic) bond motifs is 1. The Balaban J connectivity index is 2.06. The van der Waals surface area contributed by atoms with Gasteiger partial charge in [0.1, 0.15) is 0 Å². The number of carbonyl (C=O) groups excluding carboxylic acids is 1. The number of rotatable bonds is 3. The number of ether oxygens (including phenoxy) is 1. The topological polar surface area (TPSA) is 38.7 Å². The van der Waals surface area contributed by atoms with E-state index < -0.39 is 0 Å². The predicted molar refractivity (Wildman–Crippen MR) is 62.5 cm³/mol. The smallest absolute Gasteiger partial charge is 0.312 e. The van der Waals surface area contributed by atoms with Crippen molar-refractivity contribution < 1.29 is 9.53 Å². The van der Waals surface area contributed by atoms with Gasteiger partial charge in [-0.15, -0.1) is 0 Å². The molecule has 1 aliphatic rings. The summed E-state index contributed by atoms with van der Waals surface area (Å²) in [5.74, 6) is -0.203. The number of hydrogen-bond acceptors (Lipinski definition) is 3. The van der Waals surface area contributed by atoms with Gasteiger partial charge in [0, 0.05) is 5.56 Å². The van der Waals surface area contributed by atoms with Gasteiger partial charge >= 0.3 is 5.97 Å². The molecule has 0 aliphatic carbocycles. The highest BCUT2D eigenvalue weighted by atomic mass is 16.5. The molecule has 0 aromatic heterocycles. The zero-order valence-electron chi connectivity index (χ0n) is 9.56. The third kappa shape index (κ3) is 2.30. The van der Waals surface area contributed by atoms with Crippen LogP contribution in [0, 0.1) is 0 Å². The lowest BCUT2D eigenvalue weighted by Gasteiger charge is -2.08. The first-order valence-electron chi connectivity index (χ1n) is 5.48. The van der Waals surface area contributed by atoms with Crippen LogP contribution in [0.4, 0.5) is 0 Å². The minimum Gasteiger partial charge on any atom is -0.463 e. The molecule has 1 aromatic carbocycles. The van der Waals surface area contributed by atoms with E-state index in [0.29, 0.717) is 6.54 Å². The minimum absolute atomic E-state index is 0.0650. The highest BCUT2D eigenvalue weighted by Crippen LogP contribution is 2.20. The molecule has 0 N–H and O–H groups in total. The highest BCUT2D eigenvalue weighted by molar-refractivity contribution is 6.11. The summed E-state index contributed by atoms with van der Waals surface area (Å²) in [6, 6.07) is 8.00. The van der Waals surface area contributed by atoms with Gasteiger partial charge in [0.25, 0.3) is 0 Å². The van der Waals surface area contributed by atoms with Gasteiger partial charge in [0.2, 0.25) is 0 Å². The fourth-order valence-corrected chi connectivity index (χ4v) is 1.80. The molecule has 0 atom stereocenters. The Morgan fingerprint density at radius 1 is 1.44 bits per heavy atom. The molecule has 3 nitrogen and oxygen atoms in total. The number of carbonyl (C=O) groups is 1. The second-order valence-electron chi connectivity index (χ2n) is 4.14. The van der Waals surface area contributed by atoms with Crippen LogP contribution in [-0.2, 0) is 16.1 Å². The van der Waals surface area contributed by atoms with Gasteiger partial charge in [-0.3, -0.25) is 9.79 Å². The van der Waals surface area contributed by atoms with Crippen molar-refractivity contribution in [2.75, 3.05) is 0 Å². The van der Waals surface area contributed by atoms with E-state index in [1.807, 2.05) is 38.1 Å². The molecule has 0 spiro atoms. The Morgan fingerprint density at radius 2 is 2.19 bits per heavy atom. The molecule has 0 amide bonds. The van der Waals surface area contributed by atoms with Gasteiger partial charge in [0.15, 0.2) is 0 Å². The molecule has 0 saturated carbocycles. The number of benzene rings is 1. The van der Waals surface area contributed by atoms with Crippen LogP contribution in [0.15, 0.2) is 29.3 Å². The molecule has 0 bridgehead atoms. The molecule has 1 heterocycles. The third-order valence-electron chi connectivity index (χ3n) is 2.45. The SMILES string of the molecule is CC(C)OC(=O)CC1=NCc2ccccc21. The first-order valence-corrected chi connectivity index (χ1v) is 5.48. The molecule has 84 valence electrons. The average molecular weight is 217 g/mol. The van der Waals surface area contributed by atoms with Crippen molar-refractivity contribution in [2.45, 2.75) is 32.9 Å². The Labute approximate surface area is 95.2 Å². The van der Waals surface area contributed by atoms with Gasteiger partial charge in [-0.25, -0.2) is 0 Å². The summed E-state index contributed by atoms with van der Waals surface area (Å²) >= 11 is 0. The van der Waals surface area contributed by atoms with Crippen LogP contribution < -0.4 is 0 Å². The Kier molecular flexibility index (Phi) is 3.04. The van der Waals surface area contributed by atoms with Crippen LogP contribution in [-0.4, -0.2) is 17.8 Å². The zero-order chi connectivity index (χ0) is 11.5. The van der Waals surface area contributed by atoms with Crippen molar-refractivity contribution in [3.8, 4) is 0 Å². The van der Waals surface area contributed by atoms with Crippen LogP contribution >= 0.6 is 0 Å². The van der Waals surface area contributed by atoms with Crippen LogP contribution in [0.3, 0.4) is 0 Å². The van der Waals surface area contributed by atoms with Crippen molar-refractivity contribution in [3.05, 3.63) is 35.4 Å². The maximum absolute atomic E-state index is 11.5. The number of nitrogens with zero attached hydrogens (tertiary/aromatic N) is 1. The monoisotopic (exact) mass is 217 g/mol. The number of esters is 1. The van der Waals surface area contributed by atoms with Crippen LogP contribution in [0.25, 0.3) is 0 Å². The van der Waals surface area contributed by atoms with E-state index >= 15 is 0 Å². The molecular weight excluding hydrogens is 202 g/mol. The fourth-order valence-electron chi connectivity index (χ4n) is 1.80. The van der Waals surface area contributed by atoms with Crippen LogP contribution in [0.1, 0.15) is 31.4 Å². The lowest BCUT2D eigenvalue weighted by molar-refractivity contribution is -0.145. The van der Waals surface area contributed by atoms with E-state index in [1.165, 1.54) is 5.56 Å². The normalized spacial score (nSPS) is 13.6. The van der Waals surface area contributed by atoms with E-state index in [1.54, 1.807) is 0 Å². The Morgan fingerprint density at radius 3 is 2.94 bits per heavy atom. The van der Waals surface area contributed by atoms with Crippen molar-refractivity contribution in [2.24, 2.45) is 4.99 Å². The standard InChI is InChI=1S/C13H15NO2/c1-9(2)16-13(15)7-12-11-6-4-3-5-10(11)8-14-12/h3-6,9H,7-8H2,1-2H3. The molecule has 0 unspecified atom stereocenters. The molecule has 1 aliphatic heterocycles. The van der Waals surface area contributed by atoms with Gasteiger partial charge in [0.05, 0.1) is 24.8 Å². The molecule has 0 radical (unpaired) electrons. The highest BCUT2D eigenvalue weighted by Gasteiger charge is 2.18. The molecule has 0 saturated heterocycles. The summed E-state index contributed by atoms with van der Waals surface area (Å²) < 4.78 is 5.11. The van der Waals surface area contributed by atoms with Gasteiger partial charge in [-0.1, -0.05) is 24.3 Å². The van der Waals surface area contributed by atoms with Crippen LogP contribution in [0.5, 0.6) is 0 Å². The molecule has 1 aromatic rings. The van der Waals surface area contributed by atoms with Gasteiger partial charge < -0.3 is 4.74 Å². The van der Waals surface area contributed by atoms with E-state index in [9.17, 15) is 4.79 Å². The van der Waals surface area contributed by atoms with Crippen molar-refractivity contribution >= 4 is 11.7 Å². The van der Waals surface area contributed by atoms with E-state index in [4.69, 9.17) is 4.74 Å². The third-order valence-corrected chi connectivity index (χ3v) is 2.45. The maximum atomic E-state index is 11.5. The first-order chi connectivity index (χ1) is 7.66. The average Bonchev–Trinajstić information content (AvgIpc) is 2.61. The summed E-state index contributed by atoms with van der Waals surface area (Å²) in [4.78, 5) is 15.9. The molecule has 0 fully saturated rings. The number of hydrogen-bond donors (Lipinski definition) is 0. The zero-order valence-corrected chi connectivity index (χ0v) is 9.56. The van der Waals surface area contributed by atoms with Crippen LogP contribution in [0.2, 0.25) is 0 Å². The predicted octanol–water partition coefficient (Wildman–Crippen LogP) is 2.33. The molecule has 3 heteroatoms. The largest absolute Gasteiger partial charge is 0.463 e. The van der Waals surface area contributed by atoms with Crippen molar-refractivity contribution in [3.63, 3.8) is 0 Å². The second kappa shape index (κ2) is 4.47. The lowest BCUT2D eigenvalue weighted by atomic mass is 10.0. The van der Waals surface area contributed by atoms with E-state index in [2.05, 4.69) is 4.99 Å². The molecule has 16 heavy (non-hydrogen) atoms. The van der Waals surface area contributed by atoms with E-state index in [0.717, 1.165) is 11.3 Å². The number of aliphatic imine (C=N–C) groups is 1. The molecular formula is C13H15NO2. The summed E-state index contributed by atoms with van der Waals surface area (Å²) in [6.07, 6.45) is 0.208. The minimum atomic E-state index is -0.203. The Hall–Kier alpha value is -1.64. The van der Waals surface area contributed by atoms with E-state index in [-0.39, 0.29) is 18.5 Å². The van der Waals surface area contributed by atoms with Crippen molar-refractivity contribution in [1.82, 2.24) is 0 Å². The summed E-state index contributed by atoms with van der Waals surface area (Å²) in [7, 11) is 0. The first kappa shape index (κ1) is 10.9. The summed E-state index contributed by atoms with van der Waals surface area (Å²) in [5, 5.41) is 0.